The van der Waals surface area contributed by atoms with Gasteiger partial charge in [0.05, 0.1) is 27.4 Å². The fourth-order valence-electron chi connectivity index (χ4n) is 1.79. The smallest absolute Gasteiger partial charge is 0.289 e. The van der Waals surface area contributed by atoms with Crippen molar-refractivity contribution < 1.29 is 0 Å². The van der Waals surface area contributed by atoms with E-state index in [1.165, 1.54) is 0 Å². The molecular weight excluding hydrogens is 326 g/mol. The maximum Gasteiger partial charge on any atom is 0.348 e. The monoisotopic (exact) mass is 341 g/mol. The summed E-state index contributed by atoms with van der Waals surface area (Å²) in [6.07, 6.45) is 0. The van der Waals surface area contributed by atoms with Crippen LogP contribution in [-0.2, 0) is 6.54 Å². The molecule has 6 heteroatoms. The molecule has 0 unspecified atom stereocenters. The third-order valence-electron chi connectivity index (χ3n) is 2.92. The Kier molecular flexibility index (Phi) is 4.20. The zero-order valence-corrected chi connectivity index (χ0v) is 13.8. The Balaban J connectivity index is 2.38. The highest BCUT2D eigenvalue weighted by Gasteiger charge is 2.12. The Hall–Kier alpha value is -1.01. The maximum absolute atomic E-state index is 12.0. The van der Waals surface area contributed by atoms with E-state index in [9.17, 15) is 4.79 Å². The van der Waals surface area contributed by atoms with Crippen LogP contribution in [0.25, 0.3) is 0 Å². The summed E-state index contributed by atoms with van der Waals surface area (Å²) in [6.45, 7) is 8.44. The second-order valence-corrected chi connectivity index (χ2v) is 6.48. The van der Waals surface area contributed by atoms with E-state index in [0.29, 0.717) is 12.5 Å². The molecule has 0 bridgehead atoms. The van der Waals surface area contributed by atoms with Crippen LogP contribution >= 0.6 is 27.3 Å². The lowest BCUT2D eigenvalue weighted by Crippen LogP contribution is -2.27. The maximum atomic E-state index is 12.0. The van der Waals surface area contributed by atoms with E-state index in [0.717, 1.165) is 26.6 Å². The predicted octanol–water partition coefficient (Wildman–Crippen LogP) is 3.25. The molecule has 0 aliphatic heterocycles. The van der Waals surface area contributed by atoms with Crippen LogP contribution in [0, 0.1) is 13.8 Å². The highest BCUT2D eigenvalue weighted by molar-refractivity contribution is 9.10. The van der Waals surface area contributed by atoms with Crippen molar-refractivity contribution in [2.24, 2.45) is 0 Å². The number of hydrogen-bond acceptors (Lipinski definition) is 4. The van der Waals surface area contributed by atoms with Crippen molar-refractivity contribution in [2.75, 3.05) is 0 Å². The first-order valence-corrected chi connectivity index (χ1v) is 7.75. The third kappa shape index (κ3) is 2.95. The van der Waals surface area contributed by atoms with E-state index in [2.05, 4.69) is 39.7 Å². The van der Waals surface area contributed by atoms with Gasteiger partial charge in [-0.1, -0.05) is 13.8 Å². The average Bonchev–Trinajstić information content (AvgIpc) is 2.81. The zero-order valence-electron chi connectivity index (χ0n) is 11.4. The van der Waals surface area contributed by atoms with E-state index >= 15 is 0 Å². The molecule has 0 amide bonds. The second-order valence-electron chi connectivity index (χ2n) is 4.80. The van der Waals surface area contributed by atoms with Gasteiger partial charge >= 0.3 is 5.69 Å². The Morgan fingerprint density at radius 2 is 2.05 bits per heavy atom. The Labute approximate surface area is 124 Å². The minimum Gasteiger partial charge on any atom is -0.289 e. The lowest BCUT2D eigenvalue weighted by atomic mass is 10.2. The summed E-state index contributed by atoms with van der Waals surface area (Å²) >= 11 is 5.10. The van der Waals surface area contributed by atoms with Gasteiger partial charge in [-0.25, -0.2) is 9.78 Å². The van der Waals surface area contributed by atoms with E-state index in [1.807, 2.05) is 19.2 Å². The first-order chi connectivity index (χ1) is 8.90. The van der Waals surface area contributed by atoms with Gasteiger partial charge in [-0.05, 0) is 29.8 Å². The molecule has 2 aromatic heterocycles. The standard InChI is InChI=1S/C13H16BrN3OS/c1-7(2)12-16-10(6-19-12)5-17-9(4)11(14)8(3)15-13(17)18/h6-7H,5H2,1-4H3. The molecule has 0 N–H and O–H groups in total. The summed E-state index contributed by atoms with van der Waals surface area (Å²) in [5.41, 5.74) is 2.30. The van der Waals surface area contributed by atoms with Crippen molar-refractivity contribution in [1.82, 2.24) is 14.5 Å². The number of aryl methyl sites for hydroxylation is 1. The molecule has 4 nitrogen and oxygen atoms in total. The molecule has 2 rings (SSSR count). The van der Waals surface area contributed by atoms with Crippen LogP contribution in [0.15, 0.2) is 14.6 Å². The van der Waals surface area contributed by atoms with E-state index in [-0.39, 0.29) is 5.69 Å². The third-order valence-corrected chi connectivity index (χ3v) is 5.26. The number of halogens is 1. The van der Waals surface area contributed by atoms with Crippen LogP contribution in [0.2, 0.25) is 0 Å². The van der Waals surface area contributed by atoms with Gasteiger partial charge in [0.25, 0.3) is 0 Å². The molecule has 102 valence electrons. The minimum atomic E-state index is -0.225. The van der Waals surface area contributed by atoms with Gasteiger partial charge in [-0.15, -0.1) is 11.3 Å². The van der Waals surface area contributed by atoms with Gasteiger partial charge in [-0.3, -0.25) is 4.57 Å². The van der Waals surface area contributed by atoms with Crippen LogP contribution in [0.4, 0.5) is 0 Å². The van der Waals surface area contributed by atoms with Crippen LogP contribution in [-0.4, -0.2) is 14.5 Å². The molecule has 0 atom stereocenters. The molecule has 0 fully saturated rings. The summed E-state index contributed by atoms with van der Waals surface area (Å²) in [5.74, 6) is 0.416. The van der Waals surface area contributed by atoms with Gasteiger partial charge in [0, 0.05) is 17.0 Å². The van der Waals surface area contributed by atoms with Crippen molar-refractivity contribution in [3.8, 4) is 0 Å². The molecule has 0 spiro atoms. The van der Waals surface area contributed by atoms with Crippen molar-refractivity contribution in [3.05, 3.63) is 42.4 Å². The molecular formula is C13H16BrN3OS. The minimum absolute atomic E-state index is 0.225. The topological polar surface area (TPSA) is 47.8 Å². The van der Waals surface area contributed by atoms with Crippen LogP contribution < -0.4 is 5.69 Å². The molecule has 0 aromatic carbocycles. The number of thiazole rings is 1. The molecule has 2 aromatic rings. The molecule has 0 saturated carbocycles. The summed E-state index contributed by atoms with van der Waals surface area (Å²) in [7, 11) is 0. The quantitative estimate of drug-likeness (QED) is 0.860. The number of rotatable bonds is 3. The molecule has 0 saturated heterocycles. The Bertz CT molecular complexity index is 660. The van der Waals surface area contributed by atoms with Gasteiger partial charge < -0.3 is 0 Å². The fraction of sp³-hybridized carbons (Fsp3) is 0.462. The lowest BCUT2D eigenvalue weighted by molar-refractivity contribution is 0.674. The zero-order chi connectivity index (χ0) is 14.2. The average molecular weight is 342 g/mol. The highest BCUT2D eigenvalue weighted by Crippen LogP contribution is 2.21. The first kappa shape index (κ1) is 14.4. The largest absolute Gasteiger partial charge is 0.348 e. The van der Waals surface area contributed by atoms with Crippen LogP contribution in [0.1, 0.15) is 41.9 Å². The van der Waals surface area contributed by atoms with Gasteiger partial charge in [0.15, 0.2) is 0 Å². The summed E-state index contributed by atoms with van der Waals surface area (Å²) in [6, 6.07) is 0. The molecule has 0 aliphatic rings. The Morgan fingerprint density at radius 3 is 2.63 bits per heavy atom. The van der Waals surface area contributed by atoms with E-state index in [4.69, 9.17) is 0 Å². The molecule has 0 aliphatic carbocycles. The van der Waals surface area contributed by atoms with Crippen molar-refractivity contribution in [3.63, 3.8) is 0 Å². The van der Waals surface area contributed by atoms with Crippen LogP contribution in [0.3, 0.4) is 0 Å². The summed E-state index contributed by atoms with van der Waals surface area (Å²) < 4.78 is 2.53. The van der Waals surface area contributed by atoms with Gasteiger partial charge in [0.2, 0.25) is 0 Å². The normalized spacial score (nSPS) is 11.3. The summed E-state index contributed by atoms with van der Waals surface area (Å²) in [5, 5.41) is 3.11. The first-order valence-electron chi connectivity index (χ1n) is 6.08. The van der Waals surface area contributed by atoms with Crippen LogP contribution in [0.5, 0.6) is 0 Å². The van der Waals surface area contributed by atoms with Gasteiger partial charge in [0.1, 0.15) is 0 Å². The van der Waals surface area contributed by atoms with Crippen molar-refractivity contribution in [1.29, 1.82) is 0 Å². The van der Waals surface area contributed by atoms with E-state index in [1.54, 1.807) is 15.9 Å². The van der Waals surface area contributed by atoms with E-state index < -0.39 is 0 Å². The predicted molar refractivity (Wildman–Crippen MR) is 81.0 cm³/mol. The van der Waals surface area contributed by atoms with Gasteiger partial charge in [-0.2, -0.15) is 4.98 Å². The number of nitrogens with zero attached hydrogens (tertiary/aromatic N) is 3. The molecule has 2 heterocycles. The number of hydrogen-bond donors (Lipinski definition) is 0. The summed E-state index contributed by atoms with van der Waals surface area (Å²) in [4.78, 5) is 20.5. The van der Waals surface area contributed by atoms with Crippen molar-refractivity contribution in [2.45, 2.75) is 40.2 Å². The lowest BCUT2D eigenvalue weighted by Gasteiger charge is -2.10. The molecule has 0 radical (unpaired) electrons. The highest BCUT2D eigenvalue weighted by atomic mass is 79.9. The molecule has 19 heavy (non-hydrogen) atoms. The van der Waals surface area contributed by atoms with Crippen molar-refractivity contribution >= 4 is 27.3 Å². The number of aromatic nitrogens is 3. The Morgan fingerprint density at radius 1 is 1.37 bits per heavy atom. The second kappa shape index (κ2) is 5.54. The SMILES string of the molecule is Cc1nc(=O)n(Cc2csc(C(C)C)n2)c(C)c1Br. The fourth-order valence-corrected chi connectivity index (χ4v) is 2.91.